The van der Waals surface area contributed by atoms with E-state index in [1.807, 2.05) is 0 Å². The van der Waals surface area contributed by atoms with Crippen molar-refractivity contribution in [2.24, 2.45) is 0 Å². The van der Waals surface area contributed by atoms with Crippen molar-refractivity contribution < 1.29 is 0 Å². The Balaban J connectivity index is 1.90. The van der Waals surface area contributed by atoms with Gasteiger partial charge in [0.2, 0.25) is 0 Å². The quantitative estimate of drug-likeness (QED) is 0.826. The minimum atomic E-state index is 0.374. The Kier molecular flexibility index (Phi) is 5.17. The second kappa shape index (κ2) is 6.88. The molecule has 0 spiro atoms. The normalized spacial score (nSPS) is 14.1. The van der Waals surface area contributed by atoms with Crippen LogP contribution < -0.4 is 5.32 Å². The molecule has 100 valence electrons. The molecule has 0 bridgehead atoms. The summed E-state index contributed by atoms with van der Waals surface area (Å²) >= 11 is 3.47. The summed E-state index contributed by atoms with van der Waals surface area (Å²) in [6, 6.07) is 19.5. The predicted molar refractivity (Wildman–Crippen MR) is 85.4 cm³/mol. The van der Waals surface area contributed by atoms with Crippen LogP contribution in [0.4, 0.5) is 0 Å². The van der Waals surface area contributed by atoms with Gasteiger partial charge < -0.3 is 5.32 Å². The van der Waals surface area contributed by atoms with Crippen LogP contribution in [-0.4, -0.2) is 6.54 Å². The van der Waals surface area contributed by atoms with E-state index in [1.54, 1.807) is 0 Å². The van der Waals surface area contributed by atoms with Crippen LogP contribution in [-0.2, 0) is 0 Å². The number of hydrogen-bond acceptors (Lipinski definition) is 1. The average molecular weight is 318 g/mol. The van der Waals surface area contributed by atoms with E-state index in [0.29, 0.717) is 12.0 Å². The van der Waals surface area contributed by atoms with E-state index >= 15 is 0 Å². The highest BCUT2D eigenvalue weighted by Gasteiger charge is 2.08. The molecule has 1 N–H and O–H groups in total. The van der Waals surface area contributed by atoms with Crippen LogP contribution in [0.15, 0.2) is 59.1 Å². The first kappa shape index (κ1) is 14.3. The lowest BCUT2D eigenvalue weighted by atomic mass is 10.0. The van der Waals surface area contributed by atoms with Crippen molar-refractivity contribution >= 4 is 15.9 Å². The Morgan fingerprint density at radius 2 is 1.53 bits per heavy atom. The highest BCUT2D eigenvalue weighted by Crippen LogP contribution is 2.18. The Bertz CT molecular complexity index is 492. The molecule has 0 heterocycles. The first-order valence-corrected chi connectivity index (χ1v) is 7.50. The van der Waals surface area contributed by atoms with Gasteiger partial charge in [-0.15, -0.1) is 0 Å². The maximum absolute atomic E-state index is 3.60. The number of rotatable bonds is 5. The molecule has 0 aromatic heterocycles. The second-order valence-corrected chi connectivity index (χ2v) is 5.91. The standard InChI is InChI=1S/C17H20BrN/c1-13(15-6-4-3-5-7-15)12-19-14(2)16-8-10-17(18)11-9-16/h3-11,13-14,19H,12H2,1-2H3/t13?,14-/m1/s1. The smallest absolute Gasteiger partial charge is 0.0292 e. The maximum Gasteiger partial charge on any atom is 0.0292 e. The zero-order chi connectivity index (χ0) is 13.7. The topological polar surface area (TPSA) is 12.0 Å². The fourth-order valence-corrected chi connectivity index (χ4v) is 2.39. The summed E-state index contributed by atoms with van der Waals surface area (Å²) in [6.07, 6.45) is 0. The van der Waals surface area contributed by atoms with E-state index in [4.69, 9.17) is 0 Å². The van der Waals surface area contributed by atoms with E-state index < -0.39 is 0 Å². The van der Waals surface area contributed by atoms with E-state index in [9.17, 15) is 0 Å². The number of hydrogen-bond donors (Lipinski definition) is 1. The predicted octanol–water partition coefficient (Wildman–Crippen LogP) is 4.90. The van der Waals surface area contributed by atoms with Crippen LogP contribution >= 0.6 is 15.9 Å². The molecule has 1 unspecified atom stereocenters. The van der Waals surface area contributed by atoms with Gasteiger partial charge in [0.25, 0.3) is 0 Å². The minimum Gasteiger partial charge on any atom is -0.310 e. The van der Waals surface area contributed by atoms with Gasteiger partial charge in [0.1, 0.15) is 0 Å². The molecule has 0 aliphatic carbocycles. The van der Waals surface area contributed by atoms with Crippen molar-refractivity contribution in [1.29, 1.82) is 0 Å². The molecule has 0 amide bonds. The van der Waals surface area contributed by atoms with Crippen LogP contribution in [0, 0.1) is 0 Å². The molecular weight excluding hydrogens is 298 g/mol. The van der Waals surface area contributed by atoms with Gasteiger partial charge in [-0.25, -0.2) is 0 Å². The molecule has 2 atom stereocenters. The fourth-order valence-electron chi connectivity index (χ4n) is 2.12. The molecule has 0 aliphatic rings. The second-order valence-electron chi connectivity index (χ2n) is 4.99. The fraction of sp³-hybridized carbons (Fsp3) is 0.294. The summed E-state index contributed by atoms with van der Waals surface area (Å²) in [4.78, 5) is 0. The van der Waals surface area contributed by atoms with Gasteiger partial charge in [0.15, 0.2) is 0 Å². The zero-order valence-corrected chi connectivity index (χ0v) is 13.0. The Labute approximate surface area is 124 Å². The molecule has 2 rings (SSSR count). The summed E-state index contributed by atoms with van der Waals surface area (Å²) < 4.78 is 1.13. The first-order valence-electron chi connectivity index (χ1n) is 6.70. The van der Waals surface area contributed by atoms with Crippen LogP contribution in [0.5, 0.6) is 0 Å². The molecular formula is C17H20BrN. The summed E-state index contributed by atoms with van der Waals surface area (Å²) in [7, 11) is 0. The number of benzene rings is 2. The van der Waals surface area contributed by atoms with E-state index in [0.717, 1.165) is 11.0 Å². The highest BCUT2D eigenvalue weighted by atomic mass is 79.9. The molecule has 0 fully saturated rings. The van der Waals surface area contributed by atoms with Crippen molar-refractivity contribution in [1.82, 2.24) is 5.32 Å². The largest absolute Gasteiger partial charge is 0.310 e. The molecule has 1 nitrogen and oxygen atoms in total. The lowest BCUT2D eigenvalue weighted by Crippen LogP contribution is -2.23. The van der Waals surface area contributed by atoms with Crippen molar-refractivity contribution in [2.75, 3.05) is 6.54 Å². The average Bonchev–Trinajstić information content (AvgIpc) is 2.46. The van der Waals surface area contributed by atoms with Crippen LogP contribution in [0.25, 0.3) is 0 Å². The Morgan fingerprint density at radius 3 is 2.16 bits per heavy atom. The molecule has 2 aromatic rings. The lowest BCUT2D eigenvalue weighted by Gasteiger charge is -2.18. The van der Waals surface area contributed by atoms with Crippen LogP contribution in [0.2, 0.25) is 0 Å². The van der Waals surface area contributed by atoms with Gasteiger partial charge >= 0.3 is 0 Å². The third-order valence-electron chi connectivity index (χ3n) is 3.47. The summed E-state index contributed by atoms with van der Waals surface area (Å²) in [5.74, 6) is 0.527. The van der Waals surface area contributed by atoms with Crippen molar-refractivity contribution in [3.8, 4) is 0 Å². The summed E-state index contributed by atoms with van der Waals surface area (Å²) in [6.45, 7) is 5.46. The Morgan fingerprint density at radius 1 is 0.895 bits per heavy atom. The van der Waals surface area contributed by atoms with Crippen molar-refractivity contribution in [2.45, 2.75) is 25.8 Å². The molecule has 0 aliphatic heterocycles. The monoisotopic (exact) mass is 317 g/mol. The third kappa shape index (κ3) is 4.19. The van der Waals surface area contributed by atoms with E-state index in [1.165, 1.54) is 11.1 Å². The number of halogens is 1. The molecule has 0 saturated carbocycles. The highest BCUT2D eigenvalue weighted by molar-refractivity contribution is 9.10. The zero-order valence-electron chi connectivity index (χ0n) is 11.4. The molecule has 2 heteroatoms. The molecule has 19 heavy (non-hydrogen) atoms. The van der Waals surface area contributed by atoms with Gasteiger partial charge in [-0.1, -0.05) is 65.3 Å². The van der Waals surface area contributed by atoms with E-state index in [-0.39, 0.29) is 0 Å². The maximum atomic E-state index is 3.60. The van der Waals surface area contributed by atoms with Gasteiger partial charge in [-0.05, 0) is 36.1 Å². The molecule has 0 radical (unpaired) electrons. The van der Waals surface area contributed by atoms with Crippen molar-refractivity contribution in [3.05, 3.63) is 70.2 Å². The number of nitrogens with one attached hydrogen (secondary N) is 1. The van der Waals surface area contributed by atoms with Gasteiger partial charge in [0.05, 0.1) is 0 Å². The molecule has 2 aromatic carbocycles. The van der Waals surface area contributed by atoms with Crippen LogP contribution in [0.3, 0.4) is 0 Å². The summed E-state index contributed by atoms with van der Waals surface area (Å²) in [5, 5.41) is 3.60. The minimum absolute atomic E-state index is 0.374. The third-order valence-corrected chi connectivity index (χ3v) is 4.00. The van der Waals surface area contributed by atoms with E-state index in [2.05, 4.69) is 89.7 Å². The van der Waals surface area contributed by atoms with Crippen molar-refractivity contribution in [3.63, 3.8) is 0 Å². The summed E-state index contributed by atoms with van der Waals surface area (Å²) in [5.41, 5.74) is 2.71. The molecule has 0 saturated heterocycles. The lowest BCUT2D eigenvalue weighted by molar-refractivity contribution is 0.537. The Hall–Kier alpha value is -1.12. The van der Waals surface area contributed by atoms with Crippen LogP contribution in [0.1, 0.15) is 36.9 Å². The van der Waals surface area contributed by atoms with Gasteiger partial charge in [-0.2, -0.15) is 0 Å². The van der Waals surface area contributed by atoms with Gasteiger partial charge in [0, 0.05) is 17.1 Å². The van der Waals surface area contributed by atoms with Gasteiger partial charge in [-0.3, -0.25) is 0 Å². The first-order chi connectivity index (χ1) is 9.16. The SMILES string of the molecule is CC(CN[C@H](C)c1ccc(Br)cc1)c1ccccc1.